The molecule has 10 heteroatoms. The first-order valence-electron chi connectivity index (χ1n) is 14.5. The average molecular weight is 551 g/mol. The Bertz CT molecular complexity index is 1030. The molecule has 0 bridgehead atoms. The molecule has 218 valence electrons. The van der Waals surface area contributed by atoms with Gasteiger partial charge in [0.05, 0.1) is 23.9 Å². The van der Waals surface area contributed by atoms with Gasteiger partial charge in [-0.3, -0.25) is 0 Å². The monoisotopic (exact) mass is 550 g/mol. The zero-order valence-corrected chi connectivity index (χ0v) is 22.6. The second-order valence-electron chi connectivity index (χ2n) is 13.4. The van der Waals surface area contributed by atoms with E-state index in [9.17, 15) is 35.1 Å². The van der Waals surface area contributed by atoms with Crippen molar-refractivity contribution in [2.45, 2.75) is 114 Å². The number of fused-ring (bicyclic) bond motifs is 5. The van der Waals surface area contributed by atoms with Crippen LogP contribution >= 0.6 is 0 Å². The molecule has 5 fully saturated rings. The van der Waals surface area contributed by atoms with Crippen LogP contribution in [0.4, 0.5) is 0 Å². The van der Waals surface area contributed by atoms with Crippen LogP contribution in [0.2, 0.25) is 0 Å². The van der Waals surface area contributed by atoms with Crippen molar-refractivity contribution in [1.82, 2.24) is 0 Å². The summed E-state index contributed by atoms with van der Waals surface area (Å²) in [6.45, 7) is 3.80. The predicted octanol–water partition coefficient (Wildman–Crippen LogP) is 0.606. The molecule has 2 heterocycles. The minimum atomic E-state index is -1.37. The quantitative estimate of drug-likeness (QED) is 0.190. The van der Waals surface area contributed by atoms with Crippen LogP contribution in [0.5, 0.6) is 0 Å². The molecular formula is C29H42O10. The smallest absolute Gasteiger partial charge is 0.331 e. The van der Waals surface area contributed by atoms with Crippen molar-refractivity contribution in [3.8, 4) is 0 Å². The largest absolute Gasteiger partial charge is 0.458 e. The van der Waals surface area contributed by atoms with Crippen molar-refractivity contribution in [2.24, 2.45) is 34.5 Å². The lowest BCUT2D eigenvalue weighted by Gasteiger charge is -2.63. The maximum absolute atomic E-state index is 12.9. The number of rotatable bonds is 4. The molecule has 0 aromatic heterocycles. The molecule has 0 aromatic rings. The van der Waals surface area contributed by atoms with E-state index in [2.05, 4.69) is 0 Å². The lowest BCUT2D eigenvalue weighted by Crippen LogP contribution is -2.63. The number of carbonyl (C=O) groups excluding carboxylic acids is 2. The van der Waals surface area contributed by atoms with Gasteiger partial charge in [0.25, 0.3) is 0 Å². The van der Waals surface area contributed by atoms with Crippen LogP contribution in [0, 0.1) is 34.5 Å². The highest BCUT2D eigenvalue weighted by Crippen LogP contribution is 2.69. The van der Waals surface area contributed by atoms with Gasteiger partial charge in [0, 0.05) is 29.2 Å². The topological polar surface area (TPSA) is 163 Å². The van der Waals surface area contributed by atoms with Crippen molar-refractivity contribution in [3.05, 3.63) is 11.6 Å². The average Bonchev–Trinajstić information content (AvgIpc) is 3.41. The van der Waals surface area contributed by atoms with Gasteiger partial charge in [-0.05, 0) is 75.2 Å². The summed E-state index contributed by atoms with van der Waals surface area (Å²) in [5.74, 6) is -0.892. The molecule has 4 saturated carbocycles. The Labute approximate surface area is 228 Å². The second-order valence-corrected chi connectivity index (χ2v) is 13.4. The van der Waals surface area contributed by atoms with Crippen molar-refractivity contribution in [1.29, 1.82) is 0 Å². The van der Waals surface area contributed by atoms with Gasteiger partial charge in [-0.25, -0.2) is 4.79 Å². The van der Waals surface area contributed by atoms with Gasteiger partial charge >= 0.3 is 5.97 Å². The lowest BCUT2D eigenvalue weighted by atomic mass is 9.43. The molecule has 14 atom stereocenters. The fraction of sp³-hybridized carbons (Fsp3) is 0.862. The van der Waals surface area contributed by atoms with Crippen LogP contribution in [-0.2, 0) is 23.8 Å². The standard InChI is InChI=1S/C29H42O10/c1-14-23(33)24(34)25(35)26(38-14)39-17-5-8-28(13-30)16(10-17)3-4-19-18(28)6-7-27(2)22(15-9-21(32)37-12-15)20(31)11-29(19,27)36/h9,13-14,16-20,22-26,31,33-36H,3-8,10-12H2,1-2H3/t14-,16+,17-,18-,19+,20-,22-,23-,24+,25?,26-,27+,28+,29-/m0/s1. The van der Waals surface area contributed by atoms with E-state index in [4.69, 9.17) is 14.2 Å². The summed E-state index contributed by atoms with van der Waals surface area (Å²) in [6.07, 6.45) is 0.686. The highest BCUT2D eigenvalue weighted by molar-refractivity contribution is 5.85. The number of aliphatic hydroxyl groups excluding tert-OH is 4. The maximum atomic E-state index is 12.9. The van der Waals surface area contributed by atoms with Crippen molar-refractivity contribution < 1.29 is 49.3 Å². The fourth-order valence-corrected chi connectivity index (χ4v) is 9.82. The normalized spacial score (nSPS) is 55.2. The van der Waals surface area contributed by atoms with E-state index >= 15 is 0 Å². The zero-order chi connectivity index (χ0) is 27.9. The van der Waals surface area contributed by atoms with Gasteiger partial charge in [-0.1, -0.05) is 6.92 Å². The summed E-state index contributed by atoms with van der Waals surface area (Å²) >= 11 is 0. The van der Waals surface area contributed by atoms with E-state index < -0.39 is 59.2 Å². The van der Waals surface area contributed by atoms with Gasteiger partial charge in [-0.15, -0.1) is 0 Å². The number of hydrogen-bond acceptors (Lipinski definition) is 10. The molecule has 1 saturated heterocycles. The summed E-state index contributed by atoms with van der Waals surface area (Å²) in [5, 5.41) is 54.1. The molecule has 39 heavy (non-hydrogen) atoms. The zero-order valence-electron chi connectivity index (χ0n) is 22.6. The van der Waals surface area contributed by atoms with E-state index in [0.717, 1.165) is 31.1 Å². The van der Waals surface area contributed by atoms with Crippen molar-refractivity contribution in [3.63, 3.8) is 0 Å². The van der Waals surface area contributed by atoms with Gasteiger partial charge in [-0.2, -0.15) is 0 Å². The van der Waals surface area contributed by atoms with Crippen LogP contribution in [-0.4, -0.2) is 92.9 Å². The number of esters is 1. The number of carbonyl (C=O) groups is 2. The van der Waals surface area contributed by atoms with Crippen LogP contribution in [0.3, 0.4) is 0 Å². The third-order valence-electron chi connectivity index (χ3n) is 11.8. The molecule has 4 aliphatic carbocycles. The van der Waals surface area contributed by atoms with Crippen LogP contribution in [0.15, 0.2) is 11.6 Å². The number of aliphatic hydroxyl groups is 5. The molecule has 0 radical (unpaired) electrons. The summed E-state index contributed by atoms with van der Waals surface area (Å²) in [5.41, 5.74) is -1.64. The van der Waals surface area contributed by atoms with Gasteiger partial charge < -0.3 is 44.5 Å². The second kappa shape index (κ2) is 9.58. The van der Waals surface area contributed by atoms with E-state index in [1.54, 1.807) is 6.92 Å². The third-order valence-corrected chi connectivity index (χ3v) is 11.8. The molecule has 2 aliphatic heterocycles. The molecule has 0 aromatic carbocycles. The van der Waals surface area contributed by atoms with Crippen molar-refractivity contribution >= 4 is 12.3 Å². The minimum Gasteiger partial charge on any atom is -0.458 e. The number of cyclic esters (lactones) is 1. The summed E-state index contributed by atoms with van der Waals surface area (Å²) in [4.78, 5) is 24.7. The third kappa shape index (κ3) is 3.93. The van der Waals surface area contributed by atoms with Crippen LogP contribution < -0.4 is 0 Å². The molecule has 5 N–H and O–H groups in total. The molecule has 6 aliphatic rings. The summed E-state index contributed by atoms with van der Waals surface area (Å²) < 4.78 is 16.9. The SMILES string of the molecule is C[C@@H]1O[C@@H](O[C@H]2CC[C@@]3(C=O)[C@H](CC[C@@H]4[C@@H]3CC[C@]3(C)[C@@H](C5=CC(=O)OC5)[C@@H](O)C[C@]43O)C2)C(O)[C@H](O)[C@H]1O. The van der Waals surface area contributed by atoms with Crippen LogP contribution in [0.1, 0.15) is 65.2 Å². The molecular weight excluding hydrogens is 508 g/mol. The van der Waals surface area contributed by atoms with Crippen LogP contribution in [0.25, 0.3) is 0 Å². The Morgan fingerprint density at radius 1 is 1.03 bits per heavy atom. The molecule has 0 amide bonds. The number of ether oxygens (including phenoxy) is 3. The maximum Gasteiger partial charge on any atom is 0.331 e. The molecule has 6 rings (SSSR count). The molecule has 10 nitrogen and oxygen atoms in total. The Kier molecular flexibility index (Phi) is 6.81. The Morgan fingerprint density at radius 3 is 2.49 bits per heavy atom. The first-order valence-corrected chi connectivity index (χ1v) is 14.5. The fourth-order valence-electron chi connectivity index (χ4n) is 9.82. The highest BCUT2D eigenvalue weighted by Gasteiger charge is 2.70. The van der Waals surface area contributed by atoms with E-state index in [-0.39, 0.29) is 42.8 Å². The highest BCUT2D eigenvalue weighted by atomic mass is 16.7. The Morgan fingerprint density at radius 2 is 1.79 bits per heavy atom. The van der Waals surface area contributed by atoms with E-state index in [1.165, 1.54) is 6.08 Å². The van der Waals surface area contributed by atoms with Gasteiger partial charge in [0.1, 0.15) is 31.2 Å². The number of hydrogen-bond donors (Lipinski definition) is 5. The first-order chi connectivity index (χ1) is 18.4. The Hall–Kier alpha value is -1.40. The summed E-state index contributed by atoms with van der Waals surface area (Å²) in [7, 11) is 0. The lowest BCUT2D eigenvalue weighted by molar-refractivity contribution is -0.309. The number of aldehydes is 1. The predicted molar refractivity (Wildman–Crippen MR) is 135 cm³/mol. The summed E-state index contributed by atoms with van der Waals surface area (Å²) in [6, 6.07) is 0. The van der Waals surface area contributed by atoms with Gasteiger partial charge in [0.2, 0.25) is 0 Å². The Balaban J connectivity index is 1.21. The molecule has 0 spiro atoms. The van der Waals surface area contributed by atoms with E-state index in [0.29, 0.717) is 25.7 Å². The molecule has 1 unspecified atom stereocenters. The first kappa shape index (κ1) is 27.8. The van der Waals surface area contributed by atoms with Crippen molar-refractivity contribution in [2.75, 3.05) is 6.61 Å². The van der Waals surface area contributed by atoms with E-state index in [1.807, 2.05) is 6.92 Å². The minimum absolute atomic E-state index is 0.0253. The van der Waals surface area contributed by atoms with Gasteiger partial charge in [0.15, 0.2) is 6.29 Å².